The van der Waals surface area contributed by atoms with E-state index >= 15 is 0 Å². The van der Waals surface area contributed by atoms with Crippen molar-refractivity contribution in [2.75, 3.05) is 23.7 Å². The highest BCUT2D eigenvalue weighted by Crippen LogP contribution is 2.34. The van der Waals surface area contributed by atoms with E-state index in [4.69, 9.17) is 5.73 Å². The molecular formula is C14H24N4. The molecule has 18 heavy (non-hydrogen) atoms. The highest BCUT2D eigenvalue weighted by molar-refractivity contribution is 5.37. The zero-order valence-electron chi connectivity index (χ0n) is 11.7. The predicted octanol–water partition coefficient (Wildman–Crippen LogP) is 2.71. The Morgan fingerprint density at radius 2 is 1.83 bits per heavy atom. The highest BCUT2D eigenvalue weighted by Gasteiger charge is 2.27. The first kappa shape index (κ1) is 13.1. The summed E-state index contributed by atoms with van der Waals surface area (Å²) in [5.74, 6) is 1.61. The van der Waals surface area contributed by atoms with Crippen LogP contribution in [-0.2, 0) is 0 Å². The molecule has 0 spiro atoms. The molecule has 1 atom stereocenters. The maximum atomic E-state index is 5.62. The van der Waals surface area contributed by atoms with Crippen molar-refractivity contribution in [1.82, 2.24) is 9.97 Å². The summed E-state index contributed by atoms with van der Waals surface area (Å²) < 4.78 is 0. The summed E-state index contributed by atoms with van der Waals surface area (Å²) in [7, 11) is 0. The van der Waals surface area contributed by atoms with Gasteiger partial charge < -0.3 is 10.6 Å². The number of aromatic nitrogens is 2. The molecule has 1 aromatic heterocycles. The minimum Gasteiger partial charge on any atom is -0.396 e. The van der Waals surface area contributed by atoms with Crippen LogP contribution in [0.5, 0.6) is 0 Å². The molecule has 1 unspecified atom stereocenters. The van der Waals surface area contributed by atoms with E-state index in [1.807, 2.05) is 0 Å². The molecule has 2 rings (SSSR count). The number of nitrogen functional groups attached to an aromatic ring is 1. The fourth-order valence-electron chi connectivity index (χ4n) is 2.66. The molecule has 1 aliphatic rings. The molecule has 0 aromatic carbocycles. The van der Waals surface area contributed by atoms with Gasteiger partial charge in [-0.25, -0.2) is 9.97 Å². The van der Waals surface area contributed by atoms with Crippen molar-refractivity contribution < 1.29 is 0 Å². The Morgan fingerprint density at radius 3 is 2.44 bits per heavy atom. The summed E-state index contributed by atoms with van der Waals surface area (Å²) in [4.78, 5) is 10.9. The van der Waals surface area contributed by atoms with Crippen LogP contribution in [0, 0.1) is 11.3 Å². The third-order valence-electron chi connectivity index (χ3n) is 3.89. The lowest BCUT2D eigenvalue weighted by Gasteiger charge is -2.29. The number of hydrogen-bond donors (Lipinski definition) is 1. The Hall–Kier alpha value is -1.32. The van der Waals surface area contributed by atoms with Gasteiger partial charge in [0, 0.05) is 13.1 Å². The van der Waals surface area contributed by atoms with E-state index in [9.17, 15) is 0 Å². The largest absolute Gasteiger partial charge is 0.396 e. The smallest absolute Gasteiger partial charge is 0.225 e. The number of hydrogen-bond acceptors (Lipinski definition) is 4. The topological polar surface area (TPSA) is 55.0 Å². The van der Waals surface area contributed by atoms with Crippen LogP contribution < -0.4 is 10.6 Å². The van der Waals surface area contributed by atoms with Crippen molar-refractivity contribution >= 4 is 11.6 Å². The zero-order valence-corrected chi connectivity index (χ0v) is 11.7. The normalized spacial score (nSPS) is 21.7. The molecule has 1 fully saturated rings. The minimum absolute atomic E-state index is 0.401. The van der Waals surface area contributed by atoms with Crippen LogP contribution in [-0.4, -0.2) is 23.1 Å². The molecule has 0 radical (unpaired) electrons. The molecule has 0 bridgehead atoms. The van der Waals surface area contributed by atoms with Crippen LogP contribution in [0.15, 0.2) is 12.4 Å². The van der Waals surface area contributed by atoms with E-state index in [1.54, 1.807) is 12.4 Å². The fraction of sp³-hybridized carbons (Fsp3) is 0.714. The molecule has 1 aromatic rings. The Bertz CT molecular complexity index is 380. The summed E-state index contributed by atoms with van der Waals surface area (Å²) in [6.45, 7) is 9.12. The third kappa shape index (κ3) is 3.12. The fourth-order valence-corrected chi connectivity index (χ4v) is 2.66. The van der Waals surface area contributed by atoms with Gasteiger partial charge in [0.15, 0.2) is 0 Å². The van der Waals surface area contributed by atoms with E-state index in [1.165, 1.54) is 19.3 Å². The maximum absolute atomic E-state index is 5.62. The summed E-state index contributed by atoms with van der Waals surface area (Å²) in [6, 6.07) is 0. The molecule has 4 nitrogen and oxygen atoms in total. The van der Waals surface area contributed by atoms with Gasteiger partial charge in [-0.2, -0.15) is 0 Å². The lowest BCUT2D eigenvalue weighted by molar-refractivity contribution is 0.220. The van der Waals surface area contributed by atoms with Gasteiger partial charge in [-0.05, 0) is 30.6 Å². The summed E-state index contributed by atoms with van der Waals surface area (Å²) in [5.41, 5.74) is 6.65. The van der Waals surface area contributed by atoms with E-state index in [0.717, 1.165) is 25.0 Å². The summed E-state index contributed by atoms with van der Waals surface area (Å²) >= 11 is 0. The Morgan fingerprint density at radius 1 is 1.17 bits per heavy atom. The molecule has 100 valence electrons. The van der Waals surface area contributed by atoms with E-state index in [0.29, 0.717) is 11.1 Å². The molecule has 2 N–H and O–H groups in total. The minimum atomic E-state index is 0.401. The van der Waals surface area contributed by atoms with E-state index < -0.39 is 0 Å². The zero-order chi connectivity index (χ0) is 13.2. The van der Waals surface area contributed by atoms with Gasteiger partial charge in [0.05, 0.1) is 18.1 Å². The Labute approximate surface area is 110 Å². The van der Waals surface area contributed by atoms with Gasteiger partial charge in [-0.1, -0.05) is 20.8 Å². The molecule has 0 aliphatic carbocycles. The van der Waals surface area contributed by atoms with E-state index in [-0.39, 0.29) is 0 Å². The first-order valence-electron chi connectivity index (χ1n) is 6.79. The average Bonchev–Trinajstić information content (AvgIpc) is 2.55. The lowest BCUT2D eigenvalue weighted by atomic mass is 9.77. The van der Waals surface area contributed by atoms with Gasteiger partial charge in [0.2, 0.25) is 5.95 Å². The molecule has 2 heterocycles. The number of nitrogens with zero attached hydrogens (tertiary/aromatic N) is 3. The SMILES string of the molecule is CC(C)(C)C1CCCN(c2ncc(N)cn2)CC1. The van der Waals surface area contributed by atoms with Crippen molar-refractivity contribution in [3.05, 3.63) is 12.4 Å². The van der Waals surface area contributed by atoms with E-state index in [2.05, 4.69) is 35.6 Å². The quantitative estimate of drug-likeness (QED) is 0.830. The summed E-state index contributed by atoms with van der Waals surface area (Å²) in [6.07, 6.45) is 7.12. The van der Waals surface area contributed by atoms with Gasteiger partial charge in [0.25, 0.3) is 0 Å². The summed E-state index contributed by atoms with van der Waals surface area (Å²) in [5, 5.41) is 0. The number of nitrogens with two attached hydrogens (primary N) is 1. The van der Waals surface area contributed by atoms with Crippen molar-refractivity contribution in [2.45, 2.75) is 40.0 Å². The van der Waals surface area contributed by atoms with Crippen molar-refractivity contribution in [1.29, 1.82) is 0 Å². The Balaban J connectivity index is 2.03. The lowest BCUT2D eigenvalue weighted by Crippen LogP contribution is -2.27. The van der Waals surface area contributed by atoms with Crippen molar-refractivity contribution in [3.8, 4) is 0 Å². The van der Waals surface area contributed by atoms with Crippen LogP contribution in [0.25, 0.3) is 0 Å². The van der Waals surface area contributed by atoms with Gasteiger partial charge in [-0.3, -0.25) is 0 Å². The standard InChI is InChI=1S/C14H24N4/c1-14(2,3)11-5-4-7-18(8-6-11)13-16-9-12(15)10-17-13/h9-11H,4-8,15H2,1-3H3. The van der Waals surface area contributed by atoms with Gasteiger partial charge >= 0.3 is 0 Å². The number of rotatable bonds is 1. The van der Waals surface area contributed by atoms with Crippen molar-refractivity contribution in [2.24, 2.45) is 11.3 Å². The monoisotopic (exact) mass is 248 g/mol. The molecule has 1 saturated heterocycles. The average molecular weight is 248 g/mol. The van der Waals surface area contributed by atoms with Crippen LogP contribution in [0.3, 0.4) is 0 Å². The van der Waals surface area contributed by atoms with Crippen molar-refractivity contribution in [3.63, 3.8) is 0 Å². The van der Waals surface area contributed by atoms with Crippen LogP contribution >= 0.6 is 0 Å². The molecule has 0 amide bonds. The van der Waals surface area contributed by atoms with Gasteiger partial charge in [0.1, 0.15) is 0 Å². The first-order valence-corrected chi connectivity index (χ1v) is 6.79. The maximum Gasteiger partial charge on any atom is 0.225 e. The first-order chi connectivity index (χ1) is 8.47. The molecule has 0 saturated carbocycles. The molecular weight excluding hydrogens is 224 g/mol. The second kappa shape index (κ2) is 5.12. The van der Waals surface area contributed by atoms with Crippen LogP contribution in [0.1, 0.15) is 40.0 Å². The third-order valence-corrected chi connectivity index (χ3v) is 3.89. The van der Waals surface area contributed by atoms with Crippen LogP contribution in [0.2, 0.25) is 0 Å². The second-order valence-corrected chi connectivity index (χ2v) is 6.30. The molecule has 4 heteroatoms. The second-order valence-electron chi connectivity index (χ2n) is 6.30. The number of anilines is 2. The van der Waals surface area contributed by atoms with Gasteiger partial charge in [-0.15, -0.1) is 0 Å². The predicted molar refractivity (Wildman–Crippen MR) is 75.5 cm³/mol. The highest BCUT2D eigenvalue weighted by atomic mass is 15.2. The van der Waals surface area contributed by atoms with Crippen LogP contribution in [0.4, 0.5) is 11.6 Å². The Kier molecular flexibility index (Phi) is 3.73. The molecule has 1 aliphatic heterocycles.